The van der Waals surface area contributed by atoms with Crippen LogP contribution in [0.4, 0.5) is 0 Å². The molecule has 1 aliphatic rings. The number of nitrogens with zero attached hydrogens (tertiary/aromatic N) is 1. The van der Waals surface area contributed by atoms with E-state index in [1.807, 2.05) is 17.0 Å². The average molecular weight is 260 g/mol. The lowest BCUT2D eigenvalue weighted by Crippen LogP contribution is -2.27. The van der Waals surface area contributed by atoms with Crippen molar-refractivity contribution in [2.24, 2.45) is 5.92 Å². The van der Waals surface area contributed by atoms with E-state index in [0.29, 0.717) is 13.0 Å². The van der Waals surface area contributed by atoms with E-state index in [9.17, 15) is 4.79 Å². The third-order valence-corrected chi connectivity index (χ3v) is 4.10. The average Bonchev–Trinajstić information content (AvgIpc) is 2.82. The number of carbonyl (C=O) groups is 1. The van der Waals surface area contributed by atoms with E-state index in [0.717, 1.165) is 17.3 Å². The molecule has 1 aromatic heterocycles. The van der Waals surface area contributed by atoms with Gasteiger partial charge >= 0.3 is 0 Å². The molecule has 0 saturated carbocycles. The quantitative estimate of drug-likeness (QED) is 0.896. The number of aliphatic hydroxyl groups is 1. The molecule has 1 saturated heterocycles. The number of rotatable bonds is 4. The van der Waals surface area contributed by atoms with E-state index < -0.39 is 0 Å². The van der Waals surface area contributed by atoms with Crippen molar-refractivity contribution in [1.29, 1.82) is 0 Å². The first-order valence-corrected chi connectivity index (χ1v) is 6.51. The van der Waals surface area contributed by atoms with Gasteiger partial charge in [0.05, 0.1) is 4.34 Å². The van der Waals surface area contributed by atoms with Gasteiger partial charge in [-0.1, -0.05) is 11.6 Å². The molecule has 1 N–H and O–H groups in total. The van der Waals surface area contributed by atoms with Crippen LogP contribution in [-0.2, 0) is 11.2 Å². The summed E-state index contributed by atoms with van der Waals surface area (Å²) in [7, 11) is 0. The molecule has 0 bridgehead atoms. The molecule has 1 unspecified atom stereocenters. The van der Waals surface area contributed by atoms with Gasteiger partial charge in [0, 0.05) is 36.9 Å². The number of carbonyl (C=O) groups excluding carboxylic acids is 1. The van der Waals surface area contributed by atoms with E-state index in [-0.39, 0.29) is 18.4 Å². The van der Waals surface area contributed by atoms with Crippen molar-refractivity contribution in [3.63, 3.8) is 0 Å². The minimum Gasteiger partial charge on any atom is -0.396 e. The molecule has 2 rings (SSSR count). The van der Waals surface area contributed by atoms with Gasteiger partial charge in [0.2, 0.25) is 5.91 Å². The third-order valence-electron chi connectivity index (χ3n) is 2.81. The molecule has 0 aromatic carbocycles. The van der Waals surface area contributed by atoms with E-state index in [1.165, 1.54) is 4.88 Å². The topological polar surface area (TPSA) is 40.5 Å². The minimum atomic E-state index is 0.104. The Bertz CT molecular complexity index is 380. The number of halogens is 1. The van der Waals surface area contributed by atoms with Gasteiger partial charge in [-0.2, -0.15) is 0 Å². The monoisotopic (exact) mass is 259 g/mol. The molecule has 1 aliphatic heterocycles. The van der Waals surface area contributed by atoms with Gasteiger partial charge in [-0.25, -0.2) is 0 Å². The summed E-state index contributed by atoms with van der Waals surface area (Å²) in [4.78, 5) is 14.6. The molecular formula is C11H14ClNO2S. The zero-order chi connectivity index (χ0) is 11.5. The van der Waals surface area contributed by atoms with Crippen molar-refractivity contribution in [2.45, 2.75) is 12.8 Å². The summed E-state index contributed by atoms with van der Waals surface area (Å²) >= 11 is 7.39. The summed E-state index contributed by atoms with van der Waals surface area (Å²) in [5, 5.41) is 9.00. The zero-order valence-corrected chi connectivity index (χ0v) is 10.4. The largest absolute Gasteiger partial charge is 0.396 e. The first-order valence-electron chi connectivity index (χ1n) is 5.32. The fourth-order valence-corrected chi connectivity index (χ4v) is 3.00. The van der Waals surface area contributed by atoms with Crippen LogP contribution in [0.2, 0.25) is 4.34 Å². The maximum Gasteiger partial charge on any atom is 0.223 e. The summed E-state index contributed by atoms with van der Waals surface area (Å²) in [6.45, 7) is 1.52. The Morgan fingerprint density at radius 3 is 2.94 bits per heavy atom. The second-order valence-corrected chi connectivity index (χ2v) is 5.85. The molecule has 1 aromatic rings. The maximum atomic E-state index is 11.6. The Labute approximate surface area is 104 Å². The highest BCUT2D eigenvalue weighted by atomic mass is 35.5. The van der Waals surface area contributed by atoms with Crippen molar-refractivity contribution < 1.29 is 9.90 Å². The Balaban J connectivity index is 1.84. The SMILES string of the molecule is O=C1CC(CO)CN1CCc1ccc(Cl)s1. The fourth-order valence-electron chi connectivity index (χ4n) is 1.92. The molecule has 88 valence electrons. The van der Waals surface area contributed by atoms with Crippen LogP contribution in [0, 0.1) is 5.92 Å². The van der Waals surface area contributed by atoms with E-state index in [2.05, 4.69) is 0 Å². The molecule has 0 aliphatic carbocycles. The summed E-state index contributed by atoms with van der Waals surface area (Å²) in [6.07, 6.45) is 1.34. The highest BCUT2D eigenvalue weighted by Crippen LogP contribution is 2.23. The van der Waals surface area contributed by atoms with E-state index >= 15 is 0 Å². The minimum absolute atomic E-state index is 0.104. The lowest BCUT2D eigenvalue weighted by atomic mass is 10.1. The second-order valence-electron chi connectivity index (χ2n) is 4.05. The van der Waals surface area contributed by atoms with Gasteiger partial charge in [0.15, 0.2) is 0 Å². The van der Waals surface area contributed by atoms with Gasteiger partial charge in [0.1, 0.15) is 0 Å². The first-order chi connectivity index (χ1) is 7.69. The number of hydrogen-bond acceptors (Lipinski definition) is 3. The van der Waals surface area contributed by atoms with Crippen LogP contribution in [-0.4, -0.2) is 35.6 Å². The smallest absolute Gasteiger partial charge is 0.223 e. The van der Waals surface area contributed by atoms with Crippen LogP contribution < -0.4 is 0 Å². The molecule has 1 amide bonds. The third kappa shape index (κ3) is 2.75. The summed E-state index contributed by atoms with van der Waals surface area (Å²) < 4.78 is 0.788. The summed E-state index contributed by atoms with van der Waals surface area (Å²) in [5.74, 6) is 0.279. The standard InChI is InChI=1S/C11H14ClNO2S/c12-10-2-1-9(16-10)3-4-13-6-8(7-14)5-11(13)15/h1-2,8,14H,3-7H2. The van der Waals surface area contributed by atoms with Crippen molar-refractivity contribution >= 4 is 28.8 Å². The molecule has 1 atom stereocenters. The van der Waals surface area contributed by atoms with Crippen LogP contribution >= 0.6 is 22.9 Å². The lowest BCUT2D eigenvalue weighted by molar-refractivity contribution is -0.127. The van der Waals surface area contributed by atoms with Crippen LogP contribution in [0.15, 0.2) is 12.1 Å². The number of thiophene rings is 1. The highest BCUT2D eigenvalue weighted by Gasteiger charge is 2.28. The zero-order valence-electron chi connectivity index (χ0n) is 8.86. The highest BCUT2D eigenvalue weighted by molar-refractivity contribution is 7.16. The Kier molecular flexibility index (Phi) is 3.84. The summed E-state index contributed by atoms with van der Waals surface area (Å²) in [5.41, 5.74) is 0. The first kappa shape index (κ1) is 11.9. The molecule has 3 nitrogen and oxygen atoms in total. The molecule has 2 heterocycles. The molecule has 0 spiro atoms. The van der Waals surface area contributed by atoms with Crippen LogP contribution in [0.1, 0.15) is 11.3 Å². The number of hydrogen-bond donors (Lipinski definition) is 1. The molecule has 16 heavy (non-hydrogen) atoms. The summed E-state index contributed by atoms with van der Waals surface area (Å²) in [6, 6.07) is 3.88. The molecule has 5 heteroatoms. The maximum absolute atomic E-state index is 11.6. The number of likely N-dealkylation sites (tertiary alicyclic amines) is 1. The molecule has 1 fully saturated rings. The number of aliphatic hydroxyl groups excluding tert-OH is 1. The van der Waals surface area contributed by atoms with Gasteiger partial charge in [-0.05, 0) is 18.6 Å². The Hall–Kier alpha value is -0.580. The van der Waals surface area contributed by atoms with Gasteiger partial charge in [0.25, 0.3) is 0 Å². The van der Waals surface area contributed by atoms with Gasteiger partial charge in [-0.3, -0.25) is 4.79 Å². The second kappa shape index (κ2) is 5.17. The molecule has 0 radical (unpaired) electrons. The normalized spacial score (nSPS) is 20.8. The van der Waals surface area contributed by atoms with Crippen molar-refractivity contribution in [1.82, 2.24) is 4.90 Å². The van der Waals surface area contributed by atoms with Crippen LogP contribution in [0.5, 0.6) is 0 Å². The predicted molar refractivity (Wildman–Crippen MR) is 64.8 cm³/mol. The predicted octanol–water partition coefficient (Wildman–Crippen LogP) is 1.78. The molecular weight excluding hydrogens is 246 g/mol. The lowest BCUT2D eigenvalue weighted by Gasteiger charge is -2.15. The van der Waals surface area contributed by atoms with Crippen LogP contribution in [0.3, 0.4) is 0 Å². The Morgan fingerprint density at radius 1 is 1.56 bits per heavy atom. The van der Waals surface area contributed by atoms with Crippen molar-refractivity contribution in [3.8, 4) is 0 Å². The fraction of sp³-hybridized carbons (Fsp3) is 0.545. The van der Waals surface area contributed by atoms with Gasteiger partial charge in [-0.15, -0.1) is 11.3 Å². The van der Waals surface area contributed by atoms with Crippen LogP contribution in [0.25, 0.3) is 0 Å². The van der Waals surface area contributed by atoms with E-state index in [1.54, 1.807) is 11.3 Å². The van der Waals surface area contributed by atoms with E-state index in [4.69, 9.17) is 16.7 Å². The Morgan fingerprint density at radius 2 is 2.38 bits per heavy atom. The van der Waals surface area contributed by atoms with Gasteiger partial charge < -0.3 is 10.0 Å². The van der Waals surface area contributed by atoms with Crippen molar-refractivity contribution in [3.05, 3.63) is 21.3 Å². The number of amides is 1. The van der Waals surface area contributed by atoms with Crippen molar-refractivity contribution in [2.75, 3.05) is 19.7 Å².